The third-order valence-corrected chi connectivity index (χ3v) is 2.15. The standard InChI is InChI=1S/C8H9ClSi/c9-10-7-6-8-4-2-1-3-5-8/h1-7H,10H2. The van der Waals surface area contributed by atoms with Crippen molar-refractivity contribution in [3.63, 3.8) is 0 Å². The maximum atomic E-state index is 5.60. The van der Waals surface area contributed by atoms with E-state index in [9.17, 15) is 0 Å². The Morgan fingerprint density at radius 2 is 1.90 bits per heavy atom. The topological polar surface area (TPSA) is 0 Å². The molecule has 0 aromatic heterocycles. The quantitative estimate of drug-likeness (QED) is 0.468. The van der Waals surface area contributed by atoms with Crippen molar-refractivity contribution < 1.29 is 0 Å². The molecule has 0 atom stereocenters. The summed E-state index contributed by atoms with van der Waals surface area (Å²) in [4.78, 5) is 0. The fourth-order valence-electron chi connectivity index (χ4n) is 0.745. The normalized spacial score (nSPS) is 11.7. The van der Waals surface area contributed by atoms with Crippen LogP contribution in [0.15, 0.2) is 36.0 Å². The zero-order valence-corrected chi connectivity index (χ0v) is 7.80. The van der Waals surface area contributed by atoms with E-state index >= 15 is 0 Å². The highest BCUT2D eigenvalue weighted by Gasteiger charge is 1.79. The SMILES string of the molecule is Cl[SiH2]C=Cc1ccccc1. The Morgan fingerprint density at radius 3 is 2.50 bits per heavy atom. The van der Waals surface area contributed by atoms with Crippen LogP contribution in [-0.4, -0.2) is 8.83 Å². The zero-order chi connectivity index (χ0) is 7.23. The van der Waals surface area contributed by atoms with Crippen molar-refractivity contribution in [1.29, 1.82) is 0 Å². The van der Waals surface area contributed by atoms with E-state index in [1.165, 1.54) is 5.56 Å². The van der Waals surface area contributed by atoms with Gasteiger partial charge in [0.25, 0.3) is 0 Å². The van der Waals surface area contributed by atoms with Crippen LogP contribution < -0.4 is 0 Å². The second kappa shape index (κ2) is 4.31. The predicted octanol–water partition coefficient (Wildman–Crippen LogP) is 1.98. The molecule has 0 N–H and O–H groups in total. The highest BCUT2D eigenvalue weighted by atomic mass is 35.6. The lowest BCUT2D eigenvalue weighted by Gasteiger charge is -1.87. The summed E-state index contributed by atoms with van der Waals surface area (Å²) in [5, 5.41) is 0. The van der Waals surface area contributed by atoms with Crippen LogP contribution in [0.4, 0.5) is 0 Å². The minimum Gasteiger partial charge on any atom is -0.171 e. The van der Waals surface area contributed by atoms with Crippen molar-refractivity contribution in [1.82, 2.24) is 0 Å². The first-order chi connectivity index (χ1) is 4.93. The van der Waals surface area contributed by atoms with E-state index in [0.29, 0.717) is 0 Å². The van der Waals surface area contributed by atoms with E-state index < -0.39 is 8.83 Å². The molecule has 1 aromatic rings. The molecule has 0 bridgehead atoms. The van der Waals surface area contributed by atoms with E-state index in [4.69, 9.17) is 11.1 Å². The van der Waals surface area contributed by atoms with Crippen LogP contribution in [0.5, 0.6) is 0 Å². The van der Waals surface area contributed by atoms with Gasteiger partial charge in [-0.1, -0.05) is 42.1 Å². The van der Waals surface area contributed by atoms with Crippen molar-refractivity contribution >= 4 is 26.0 Å². The van der Waals surface area contributed by atoms with Crippen molar-refractivity contribution in [3.8, 4) is 0 Å². The number of benzene rings is 1. The van der Waals surface area contributed by atoms with Crippen LogP contribution in [0.1, 0.15) is 5.56 Å². The summed E-state index contributed by atoms with van der Waals surface area (Å²) in [6.45, 7) is 0. The smallest absolute Gasteiger partial charge is 0.148 e. The first-order valence-electron chi connectivity index (χ1n) is 3.21. The van der Waals surface area contributed by atoms with Gasteiger partial charge in [-0.3, -0.25) is 0 Å². The highest BCUT2D eigenvalue weighted by molar-refractivity contribution is 6.96. The van der Waals surface area contributed by atoms with Gasteiger partial charge in [0.05, 0.1) is 0 Å². The molecule has 10 heavy (non-hydrogen) atoms. The lowest BCUT2D eigenvalue weighted by atomic mass is 10.2. The Hall–Kier alpha value is -0.533. The number of hydrogen-bond acceptors (Lipinski definition) is 0. The second-order valence-electron chi connectivity index (χ2n) is 1.97. The summed E-state index contributed by atoms with van der Waals surface area (Å²) in [6.07, 6.45) is 2.07. The molecule has 0 radical (unpaired) electrons. The lowest BCUT2D eigenvalue weighted by Crippen LogP contribution is -1.70. The van der Waals surface area contributed by atoms with Crippen molar-refractivity contribution in [2.75, 3.05) is 0 Å². The molecule has 0 unspecified atom stereocenters. The monoisotopic (exact) mass is 168 g/mol. The molecule has 1 aromatic carbocycles. The van der Waals surface area contributed by atoms with Gasteiger partial charge in [0.1, 0.15) is 8.83 Å². The molecule has 0 aliphatic rings. The maximum absolute atomic E-state index is 5.60. The van der Waals surface area contributed by atoms with E-state index in [0.717, 1.165) is 0 Å². The first-order valence-corrected chi connectivity index (χ1v) is 6.16. The van der Waals surface area contributed by atoms with Gasteiger partial charge in [0.2, 0.25) is 0 Å². The van der Waals surface area contributed by atoms with Gasteiger partial charge in [-0.15, -0.1) is 0 Å². The third-order valence-electron chi connectivity index (χ3n) is 1.20. The highest BCUT2D eigenvalue weighted by Crippen LogP contribution is 1.99. The average Bonchev–Trinajstić information content (AvgIpc) is 2.03. The Morgan fingerprint density at radius 1 is 1.20 bits per heavy atom. The Kier molecular flexibility index (Phi) is 3.26. The maximum Gasteiger partial charge on any atom is 0.148 e. The predicted molar refractivity (Wildman–Crippen MR) is 49.9 cm³/mol. The molecule has 0 aliphatic heterocycles. The molecule has 0 amide bonds. The molecule has 0 saturated heterocycles. The molecule has 0 heterocycles. The van der Waals surface area contributed by atoms with Crippen LogP contribution in [0.3, 0.4) is 0 Å². The van der Waals surface area contributed by atoms with Crippen molar-refractivity contribution in [2.45, 2.75) is 0 Å². The molecular formula is C8H9ClSi. The molecule has 0 aliphatic carbocycles. The molecule has 0 saturated carbocycles. The summed E-state index contributed by atoms with van der Waals surface area (Å²) in [5.41, 5.74) is 3.30. The number of hydrogen-bond donors (Lipinski definition) is 0. The molecular weight excluding hydrogens is 160 g/mol. The molecule has 0 fully saturated rings. The van der Waals surface area contributed by atoms with Crippen molar-refractivity contribution in [2.24, 2.45) is 0 Å². The number of halogens is 1. The van der Waals surface area contributed by atoms with Gasteiger partial charge < -0.3 is 0 Å². The van der Waals surface area contributed by atoms with Gasteiger partial charge in [0.15, 0.2) is 0 Å². The molecule has 52 valence electrons. The lowest BCUT2D eigenvalue weighted by molar-refractivity contribution is 1.66. The zero-order valence-electron chi connectivity index (χ0n) is 5.63. The summed E-state index contributed by atoms with van der Waals surface area (Å²) in [7, 11) is -0.438. The van der Waals surface area contributed by atoms with Gasteiger partial charge in [0, 0.05) is 0 Å². The van der Waals surface area contributed by atoms with E-state index in [1.807, 2.05) is 18.2 Å². The number of rotatable bonds is 2. The molecule has 0 nitrogen and oxygen atoms in total. The van der Waals surface area contributed by atoms with Crippen LogP contribution in [0.25, 0.3) is 6.08 Å². The van der Waals surface area contributed by atoms with Crippen molar-refractivity contribution in [3.05, 3.63) is 41.6 Å². The summed E-state index contributed by atoms with van der Waals surface area (Å²) < 4.78 is 0. The molecule has 0 spiro atoms. The van der Waals surface area contributed by atoms with Gasteiger partial charge in [-0.25, -0.2) is 0 Å². The Labute approximate surface area is 68.1 Å². The minimum atomic E-state index is -0.438. The van der Waals surface area contributed by atoms with Crippen LogP contribution in [-0.2, 0) is 0 Å². The molecule has 1 rings (SSSR count). The fourth-order valence-corrected chi connectivity index (χ4v) is 1.37. The Balaban J connectivity index is 2.67. The first kappa shape index (κ1) is 7.57. The average molecular weight is 169 g/mol. The summed E-state index contributed by atoms with van der Waals surface area (Å²) in [5.74, 6) is 0. The van der Waals surface area contributed by atoms with Gasteiger partial charge in [-0.05, 0) is 5.56 Å². The van der Waals surface area contributed by atoms with Crippen LogP contribution in [0, 0.1) is 0 Å². The van der Waals surface area contributed by atoms with E-state index in [-0.39, 0.29) is 0 Å². The largest absolute Gasteiger partial charge is 0.171 e. The van der Waals surface area contributed by atoms with Crippen LogP contribution >= 0.6 is 11.1 Å². The van der Waals surface area contributed by atoms with E-state index in [1.54, 1.807) is 0 Å². The second-order valence-corrected chi connectivity index (χ2v) is 3.67. The fraction of sp³-hybridized carbons (Fsp3) is 0. The summed E-state index contributed by atoms with van der Waals surface area (Å²) >= 11 is 5.60. The third kappa shape index (κ3) is 2.37. The van der Waals surface area contributed by atoms with Gasteiger partial charge in [-0.2, -0.15) is 11.1 Å². The molecule has 2 heteroatoms. The van der Waals surface area contributed by atoms with E-state index in [2.05, 4.69) is 23.9 Å². The minimum absolute atomic E-state index is 0.438. The summed E-state index contributed by atoms with van der Waals surface area (Å²) in [6, 6.07) is 10.2. The van der Waals surface area contributed by atoms with Gasteiger partial charge >= 0.3 is 0 Å². The van der Waals surface area contributed by atoms with Crippen LogP contribution in [0.2, 0.25) is 0 Å². The Bertz CT molecular complexity index is 206.